The van der Waals surface area contributed by atoms with E-state index >= 15 is 0 Å². The highest BCUT2D eigenvalue weighted by Gasteiger charge is 2.24. The van der Waals surface area contributed by atoms with Gasteiger partial charge in [-0.15, -0.1) is 0 Å². The fourth-order valence-corrected chi connectivity index (χ4v) is 1.96. The smallest absolute Gasteiger partial charge is 0.125 e. The van der Waals surface area contributed by atoms with E-state index in [9.17, 15) is 4.39 Å². The van der Waals surface area contributed by atoms with Crippen molar-refractivity contribution in [2.45, 2.75) is 38.6 Å². The molecule has 88 valence electrons. The maximum absolute atomic E-state index is 13.1. The summed E-state index contributed by atoms with van der Waals surface area (Å²) < 4.78 is 13.1. The van der Waals surface area contributed by atoms with E-state index in [1.165, 1.54) is 31.4 Å². The molecule has 3 N–H and O–H groups in total. The van der Waals surface area contributed by atoms with Crippen molar-refractivity contribution in [1.82, 2.24) is 0 Å². The van der Waals surface area contributed by atoms with Crippen molar-refractivity contribution in [3.8, 4) is 0 Å². The zero-order valence-corrected chi connectivity index (χ0v) is 9.67. The Labute approximate surface area is 96.0 Å². The van der Waals surface area contributed by atoms with Crippen LogP contribution in [0.15, 0.2) is 18.2 Å². The zero-order chi connectivity index (χ0) is 11.5. The van der Waals surface area contributed by atoms with Gasteiger partial charge < -0.3 is 11.1 Å². The maximum atomic E-state index is 13.1. The summed E-state index contributed by atoms with van der Waals surface area (Å²) in [7, 11) is 0. The second-order valence-electron chi connectivity index (χ2n) is 4.66. The second-order valence-corrected chi connectivity index (χ2v) is 4.66. The standard InChI is InChI=1S/C13H19FN2/c1-2-11(7-9-3-4-9)16-13-8-10(14)5-6-12(13)15/h5-6,8-9,11,16H,2-4,7,15H2,1H3. The Morgan fingerprint density at radius 3 is 2.88 bits per heavy atom. The lowest BCUT2D eigenvalue weighted by Crippen LogP contribution is -2.20. The molecule has 3 heteroatoms. The fraction of sp³-hybridized carbons (Fsp3) is 0.538. The lowest BCUT2D eigenvalue weighted by molar-refractivity contribution is 0.585. The highest BCUT2D eigenvalue weighted by molar-refractivity contribution is 5.66. The average Bonchev–Trinajstić information content (AvgIpc) is 3.06. The third-order valence-electron chi connectivity index (χ3n) is 3.18. The normalized spacial score (nSPS) is 17.1. The van der Waals surface area contributed by atoms with Crippen LogP contribution < -0.4 is 11.1 Å². The first-order valence-corrected chi connectivity index (χ1v) is 6.00. The number of rotatable bonds is 5. The molecule has 0 spiro atoms. The molecule has 1 aromatic carbocycles. The molecule has 1 fully saturated rings. The quantitative estimate of drug-likeness (QED) is 0.749. The summed E-state index contributed by atoms with van der Waals surface area (Å²) >= 11 is 0. The van der Waals surface area contributed by atoms with Crippen LogP contribution in [-0.4, -0.2) is 6.04 Å². The van der Waals surface area contributed by atoms with Crippen molar-refractivity contribution in [3.05, 3.63) is 24.0 Å². The summed E-state index contributed by atoms with van der Waals surface area (Å²) in [6.45, 7) is 2.15. The predicted octanol–water partition coefficient (Wildman–Crippen LogP) is 3.40. The lowest BCUT2D eigenvalue weighted by Gasteiger charge is -2.19. The molecule has 0 aliphatic heterocycles. The van der Waals surface area contributed by atoms with E-state index in [1.807, 2.05) is 0 Å². The Bertz CT molecular complexity index is 361. The van der Waals surface area contributed by atoms with Gasteiger partial charge in [0.05, 0.1) is 11.4 Å². The van der Waals surface area contributed by atoms with Crippen molar-refractivity contribution in [1.29, 1.82) is 0 Å². The van der Waals surface area contributed by atoms with E-state index in [4.69, 9.17) is 5.73 Å². The van der Waals surface area contributed by atoms with E-state index < -0.39 is 0 Å². The Morgan fingerprint density at radius 2 is 2.25 bits per heavy atom. The Kier molecular flexibility index (Phi) is 3.32. The van der Waals surface area contributed by atoms with Gasteiger partial charge in [0, 0.05) is 6.04 Å². The van der Waals surface area contributed by atoms with E-state index in [2.05, 4.69) is 12.2 Å². The Balaban J connectivity index is 2.01. The summed E-state index contributed by atoms with van der Waals surface area (Å²) in [5, 5.41) is 3.34. The molecule has 0 radical (unpaired) electrons. The molecule has 0 bridgehead atoms. The topological polar surface area (TPSA) is 38.0 Å². The van der Waals surface area contributed by atoms with Gasteiger partial charge in [0.15, 0.2) is 0 Å². The van der Waals surface area contributed by atoms with Crippen LogP contribution in [-0.2, 0) is 0 Å². The van der Waals surface area contributed by atoms with E-state index in [-0.39, 0.29) is 5.82 Å². The molecular formula is C13H19FN2. The van der Waals surface area contributed by atoms with Crippen LogP contribution in [0.2, 0.25) is 0 Å². The number of nitrogen functional groups attached to an aromatic ring is 1. The van der Waals surface area contributed by atoms with Crippen LogP contribution in [0.5, 0.6) is 0 Å². The summed E-state index contributed by atoms with van der Waals surface area (Å²) in [6.07, 6.45) is 4.91. The first-order valence-electron chi connectivity index (χ1n) is 6.00. The van der Waals surface area contributed by atoms with Crippen LogP contribution >= 0.6 is 0 Å². The Morgan fingerprint density at radius 1 is 1.50 bits per heavy atom. The van der Waals surface area contributed by atoms with E-state index in [0.717, 1.165) is 18.0 Å². The molecule has 0 aromatic heterocycles. The maximum Gasteiger partial charge on any atom is 0.125 e. The zero-order valence-electron chi connectivity index (χ0n) is 9.67. The van der Waals surface area contributed by atoms with Gasteiger partial charge in [0.25, 0.3) is 0 Å². The Hall–Kier alpha value is -1.25. The minimum absolute atomic E-state index is 0.238. The van der Waals surface area contributed by atoms with E-state index in [0.29, 0.717) is 11.7 Å². The third kappa shape index (κ3) is 2.87. The van der Waals surface area contributed by atoms with Crippen LogP contribution in [0, 0.1) is 11.7 Å². The highest BCUT2D eigenvalue weighted by atomic mass is 19.1. The van der Waals surface area contributed by atoms with Crippen molar-refractivity contribution in [2.75, 3.05) is 11.1 Å². The highest BCUT2D eigenvalue weighted by Crippen LogP contribution is 2.35. The minimum atomic E-state index is -0.238. The van der Waals surface area contributed by atoms with Gasteiger partial charge in [-0.2, -0.15) is 0 Å². The molecule has 1 aliphatic rings. The van der Waals surface area contributed by atoms with Gasteiger partial charge in [-0.05, 0) is 37.0 Å². The molecule has 2 nitrogen and oxygen atoms in total. The van der Waals surface area contributed by atoms with Crippen molar-refractivity contribution in [2.24, 2.45) is 5.92 Å². The molecule has 16 heavy (non-hydrogen) atoms. The van der Waals surface area contributed by atoms with Crippen LogP contribution in [0.4, 0.5) is 15.8 Å². The van der Waals surface area contributed by atoms with Gasteiger partial charge >= 0.3 is 0 Å². The number of nitrogens with two attached hydrogens (primary N) is 1. The van der Waals surface area contributed by atoms with Crippen LogP contribution in [0.25, 0.3) is 0 Å². The molecule has 0 amide bonds. The van der Waals surface area contributed by atoms with Crippen LogP contribution in [0.3, 0.4) is 0 Å². The molecule has 1 saturated carbocycles. The van der Waals surface area contributed by atoms with Crippen LogP contribution in [0.1, 0.15) is 32.6 Å². The first kappa shape index (κ1) is 11.2. The third-order valence-corrected chi connectivity index (χ3v) is 3.18. The summed E-state index contributed by atoms with van der Waals surface area (Å²) in [4.78, 5) is 0. The molecule has 1 atom stereocenters. The monoisotopic (exact) mass is 222 g/mol. The number of benzene rings is 1. The largest absolute Gasteiger partial charge is 0.397 e. The van der Waals surface area contributed by atoms with E-state index in [1.54, 1.807) is 6.07 Å². The van der Waals surface area contributed by atoms with Gasteiger partial charge in [0.2, 0.25) is 0 Å². The molecular weight excluding hydrogens is 203 g/mol. The summed E-state index contributed by atoms with van der Waals surface area (Å²) in [6, 6.07) is 4.89. The predicted molar refractivity (Wildman–Crippen MR) is 65.9 cm³/mol. The van der Waals surface area contributed by atoms with Crippen molar-refractivity contribution in [3.63, 3.8) is 0 Å². The molecule has 2 rings (SSSR count). The SMILES string of the molecule is CCC(CC1CC1)Nc1cc(F)ccc1N. The lowest BCUT2D eigenvalue weighted by atomic mass is 10.1. The molecule has 0 heterocycles. The first-order chi connectivity index (χ1) is 7.69. The number of halogens is 1. The minimum Gasteiger partial charge on any atom is -0.397 e. The average molecular weight is 222 g/mol. The van der Waals surface area contributed by atoms with Gasteiger partial charge in [-0.3, -0.25) is 0 Å². The number of nitrogens with one attached hydrogen (secondary N) is 1. The van der Waals surface area contributed by atoms with Gasteiger partial charge in [-0.1, -0.05) is 19.8 Å². The number of hydrogen-bond acceptors (Lipinski definition) is 2. The molecule has 0 saturated heterocycles. The molecule has 1 unspecified atom stereocenters. The number of anilines is 2. The summed E-state index contributed by atoms with van der Waals surface area (Å²) in [5.41, 5.74) is 7.16. The van der Waals surface area contributed by atoms with Crippen molar-refractivity contribution < 1.29 is 4.39 Å². The number of hydrogen-bond donors (Lipinski definition) is 2. The second kappa shape index (κ2) is 4.73. The fourth-order valence-electron chi connectivity index (χ4n) is 1.96. The molecule has 1 aromatic rings. The summed E-state index contributed by atoms with van der Waals surface area (Å²) in [5.74, 6) is 0.630. The van der Waals surface area contributed by atoms with Gasteiger partial charge in [-0.25, -0.2) is 4.39 Å². The molecule has 1 aliphatic carbocycles. The van der Waals surface area contributed by atoms with Gasteiger partial charge in [0.1, 0.15) is 5.82 Å². The van der Waals surface area contributed by atoms with Crippen molar-refractivity contribution >= 4 is 11.4 Å².